The van der Waals surface area contributed by atoms with Crippen LogP contribution < -0.4 is 10.6 Å². The molecule has 1 aromatic carbocycles. The summed E-state index contributed by atoms with van der Waals surface area (Å²) in [5.41, 5.74) is 2.31. The van der Waals surface area contributed by atoms with E-state index in [9.17, 15) is 4.79 Å². The minimum atomic E-state index is -0.0802. The molecule has 0 aliphatic carbocycles. The molecule has 2 unspecified atom stereocenters. The summed E-state index contributed by atoms with van der Waals surface area (Å²) in [6, 6.07) is 11.9. The Kier molecular flexibility index (Phi) is 5.57. The Labute approximate surface area is 136 Å². The van der Waals surface area contributed by atoms with Crippen LogP contribution in [0.1, 0.15) is 23.8 Å². The van der Waals surface area contributed by atoms with Gasteiger partial charge in [-0.3, -0.25) is 9.89 Å². The van der Waals surface area contributed by atoms with Crippen LogP contribution in [0.15, 0.2) is 36.4 Å². The first kappa shape index (κ1) is 16.5. The third kappa shape index (κ3) is 3.67. The van der Waals surface area contributed by atoms with Gasteiger partial charge in [-0.15, -0.1) is 12.4 Å². The zero-order valence-electron chi connectivity index (χ0n) is 12.5. The predicted octanol–water partition coefficient (Wildman–Crippen LogP) is 2.23. The number of aromatic nitrogens is 2. The van der Waals surface area contributed by atoms with Crippen molar-refractivity contribution in [1.29, 1.82) is 0 Å². The van der Waals surface area contributed by atoms with Gasteiger partial charge in [-0.05, 0) is 31.5 Å². The largest absolute Gasteiger partial charge is 0.348 e. The molecule has 3 rings (SSSR count). The van der Waals surface area contributed by atoms with Crippen molar-refractivity contribution in [2.45, 2.75) is 19.4 Å². The fourth-order valence-electron chi connectivity index (χ4n) is 2.67. The van der Waals surface area contributed by atoms with Crippen LogP contribution in [-0.4, -0.2) is 35.2 Å². The van der Waals surface area contributed by atoms with Crippen molar-refractivity contribution in [3.8, 4) is 11.3 Å². The Hall–Kier alpha value is -1.85. The zero-order valence-corrected chi connectivity index (χ0v) is 13.3. The van der Waals surface area contributed by atoms with Gasteiger partial charge in [0.1, 0.15) is 5.69 Å². The van der Waals surface area contributed by atoms with Gasteiger partial charge in [0.2, 0.25) is 0 Å². The lowest BCUT2D eigenvalue weighted by atomic mass is 9.95. The Balaban J connectivity index is 0.00000176. The van der Waals surface area contributed by atoms with E-state index in [1.54, 1.807) is 6.07 Å². The molecule has 0 bridgehead atoms. The molecule has 118 valence electrons. The minimum absolute atomic E-state index is 0. The van der Waals surface area contributed by atoms with E-state index in [0.717, 1.165) is 30.8 Å². The normalized spacial score (nSPS) is 21.0. The molecule has 5 nitrogen and oxygen atoms in total. The molecule has 1 saturated heterocycles. The van der Waals surface area contributed by atoms with Crippen LogP contribution in [0.25, 0.3) is 11.3 Å². The van der Waals surface area contributed by atoms with Gasteiger partial charge >= 0.3 is 0 Å². The van der Waals surface area contributed by atoms with Crippen molar-refractivity contribution in [1.82, 2.24) is 20.8 Å². The number of aromatic amines is 1. The smallest absolute Gasteiger partial charge is 0.269 e. The minimum Gasteiger partial charge on any atom is -0.348 e. The van der Waals surface area contributed by atoms with Gasteiger partial charge < -0.3 is 10.6 Å². The summed E-state index contributed by atoms with van der Waals surface area (Å²) in [6.07, 6.45) is 0.965. The molecule has 1 amide bonds. The van der Waals surface area contributed by atoms with Crippen molar-refractivity contribution < 1.29 is 4.79 Å². The molecule has 1 aliphatic rings. The molecule has 2 aromatic rings. The summed E-state index contributed by atoms with van der Waals surface area (Å²) in [6.45, 7) is 4.05. The van der Waals surface area contributed by atoms with Gasteiger partial charge in [-0.25, -0.2) is 0 Å². The molecule has 2 heterocycles. The molecule has 2 atom stereocenters. The predicted molar refractivity (Wildman–Crippen MR) is 89.2 cm³/mol. The highest BCUT2D eigenvalue weighted by Gasteiger charge is 2.23. The van der Waals surface area contributed by atoms with Gasteiger partial charge in [0, 0.05) is 11.6 Å². The number of nitrogens with zero attached hydrogens (tertiary/aromatic N) is 1. The molecule has 6 heteroatoms. The number of rotatable bonds is 3. The van der Waals surface area contributed by atoms with Crippen LogP contribution in [0.5, 0.6) is 0 Å². The summed E-state index contributed by atoms with van der Waals surface area (Å²) >= 11 is 0. The highest BCUT2D eigenvalue weighted by molar-refractivity contribution is 5.93. The standard InChI is InChI=1S/C16H20N4O.ClH/c1-11-10-17-8-7-13(11)18-16(21)15-9-14(19-20-15)12-5-3-2-4-6-12;/h2-6,9,11,13,17H,7-8,10H2,1H3,(H,18,21)(H,19,20);1H. The van der Waals surface area contributed by atoms with E-state index in [0.29, 0.717) is 11.6 Å². The molecular formula is C16H21ClN4O. The topological polar surface area (TPSA) is 69.8 Å². The van der Waals surface area contributed by atoms with Crippen molar-refractivity contribution >= 4 is 18.3 Å². The van der Waals surface area contributed by atoms with Gasteiger partial charge in [0.25, 0.3) is 5.91 Å². The molecule has 0 radical (unpaired) electrons. The second kappa shape index (κ2) is 7.42. The van der Waals surface area contributed by atoms with Crippen molar-refractivity contribution in [2.24, 2.45) is 5.92 Å². The van der Waals surface area contributed by atoms with E-state index >= 15 is 0 Å². The Morgan fingerprint density at radius 2 is 2.09 bits per heavy atom. The summed E-state index contributed by atoms with van der Waals surface area (Å²) < 4.78 is 0. The number of carbonyl (C=O) groups excluding carboxylic acids is 1. The maximum atomic E-state index is 12.3. The SMILES string of the molecule is CC1CNCCC1NC(=O)c1cc(-c2ccccc2)n[nH]1.Cl. The van der Waals surface area contributed by atoms with Gasteiger partial charge in [-0.1, -0.05) is 37.3 Å². The Morgan fingerprint density at radius 3 is 2.82 bits per heavy atom. The van der Waals surface area contributed by atoms with E-state index < -0.39 is 0 Å². The Bertz CT molecular complexity index is 614. The van der Waals surface area contributed by atoms with Crippen LogP contribution in [-0.2, 0) is 0 Å². The van der Waals surface area contributed by atoms with Crippen LogP contribution in [0.2, 0.25) is 0 Å². The number of H-pyrrole nitrogens is 1. The number of hydrogen-bond acceptors (Lipinski definition) is 3. The highest BCUT2D eigenvalue weighted by atomic mass is 35.5. The van der Waals surface area contributed by atoms with Crippen LogP contribution >= 0.6 is 12.4 Å². The van der Waals surface area contributed by atoms with E-state index in [2.05, 4.69) is 27.8 Å². The Morgan fingerprint density at radius 1 is 1.32 bits per heavy atom. The van der Waals surface area contributed by atoms with Crippen molar-refractivity contribution in [2.75, 3.05) is 13.1 Å². The summed E-state index contributed by atoms with van der Waals surface area (Å²) in [4.78, 5) is 12.3. The van der Waals surface area contributed by atoms with Gasteiger partial charge in [-0.2, -0.15) is 5.10 Å². The zero-order chi connectivity index (χ0) is 14.7. The number of carbonyl (C=O) groups is 1. The molecule has 1 fully saturated rings. The lowest BCUT2D eigenvalue weighted by Gasteiger charge is -2.29. The van der Waals surface area contributed by atoms with Crippen molar-refractivity contribution in [3.05, 3.63) is 42.1 Å². The maximum Gasteiger partial charge on any atom is 0.269 e. The monoisotopic (exact) mass is 320 g/mol. The molecule has 3 N–H and O–H groups in total. The number of nitrogens with one attached hydrogen (secondary N) is 3. The number of amides is 1. The quantitative estimate of drug-likeness (QED) is 0.812. The van der Waals surface area contributed by atoms with E-state index in [1.807, 2.05) is 30.3 Å². The second-order valence-corrected chi connectivity index (χ2v) is 5.58. The average Bonchev–Trinajstić information content (AvgIpc) is 3.00. The third-order valence-electron chi connectivity index (χ3n) is 3.99. The molecule has 1 aromatic heterocycles. The summed E-state index contributed by atoms with van der Waals surface area (Å²) in [5.74, 6) is 0.364. The molecular weight excluding hydrogens is 300 g/mol. The van der Waals surface area contributed by atoms with Gasteiger partial charge in [0.05, 0.1) is 5.69 Å². The maximum absolute atomic E-state index is 12.3. The van der Waals surface area contributed by atoms with E-state index in [-0.39, 0.29) is 24.4 Å². The second-order valence-electron chi connectivity index (χ2n) is 5.58. The van der Waals surface area contributed by atoms with E-state index in [1.165, 1.54) is 0 Å². The van der Waals surface area contributed by atoms with Crippen LogP contribution in [0.4, 0.5) is 0 Å². The van der Waals surface area contributed by atoms with Crippen LogP contribution in [0, 0.1) is 5.92 Å². The first-order chi connectivity index (χ1) is 10.2. The fraction of sp³-hybridized carbons (Fsp3) is 0.375. The van der Waals surface area contributed by atoms with Crippen LogP contribution in [0.3, 0.4) is 0 Å². The highest BCUT2D eigenvalue weighted by Crippen LogP contribution is 2.17. The summed E-state index contributed by atoms with van der Waals surface area (Å²) in [5, 5.41) is 13.5. The first-order valence-corrected chi connectivity index (χ1v) is 7.36. The molecule has 0 saturated carbocycles. The third-order valence-corrected chi connectivity index (χ3v) is 3.99. The number of benzene rings is 1. The summed E-state index contributed by atoms with van der Waals surface area (Å²) in [7, 11) is 0. The average molecular weight is 321 g/mol. The van der Waals surface area contributed by atoms with Crippen molar-refractivity contribution in [3.63, 3.8) is 0 Å². The lowest BCUT2D eigenvalue weighted by molar-refractivity contribution is 0.0909. The van der Waals surface area contributed by atoms with Gasteiger partial charge in [0.15, 0.2) is 0 Å². The number of halogens is 1. The molecule has 1 aliphatic heterocycles. The fourth-order valence-corrected chi connectivity index (χ4v) is 2.67. The first-order valence-electron chi connectivity index (χ1n) is 7.36. The lowest BCUT2D eigenvalue weighted by Crippen LogP contribution is -2.48. The number of piperidine rings is 1. The molecule has 0 spiro atoms. The van der Waals surface area contributed by atoms with E-state index in [4.69, 9.17) is 0 Å². The molecule has 22 heavy (non-hydrogen) atoms. The number of hydrogen-bond donors (Lipinski definition) is 3.